The van der Waals surface area contributed by atoms with Crippen molar-refractivity contribution in [2.75, 3.05) is 29.9 Å². The minimum absolute atomic E-state index is 0.0969. The molecule has 7 nitrogen and oxygen atoms in total. The number of nitrogens with zero attached hydrogens (tertiary/aromatic N) is 3. The van der Waals surface area contributed by atoms with Gasteiger partial charge in [0.2, 0.25) is 5.91 Å². The normalized spacial score (nSPS) is 16.4. The molecule has 0 aliphatic carbocycles. The summed E-state index contributed by atoms with van der Waals surface area (Å²) < 4.78 is 0. The lowest BCUT2D eigenvalue weighted by atomic mass is 10.1. The van der Waals surface area contributed by atoms with Gasteiger partial charge in [0.15, 0.2) is 0 Å². The first-order chi connectivity index (χ1) is 13.6. The Hall–Kier alpha value is -2.95. The van der Waals surface area contributed by atoms with Gasteiger partial charge in [0, 0.05) is 44.5 Å². The van der Waals surface area contributed by atoms with Gasteiger partial charge in [-0.25, -0.2) is 4.98 Å². The molecular weight excluding hydrogens is 354 g/mol. The first-order valence-corrected chi connectivity index (χ1v) is 9.53. The number of hydrogen-bond donors (Lipinski definition) is 3. The third kappa shape index (κ3) is 5.78. The lowest BCUT2D eigenvalue weighted by Crippen LogP contribution is -2.38. The Bertz CT molecular complexity index is 849. The largest absolute Gasteiger partial charge is 0.391 e. The number of piperidine rings is 1. The van der Waals surface area contributed by atoms with Crippen molar-refractivity contribution < 1.29 is 9.90 Å². The van der Waals surface area contributed by atoms with E-state index in [9.17, 15) is 9.90 Å². The summed E-state index contributed by atoms with van der Waals surface area (Å²) in [5.41, 5.74) is 2.24. The number of aliphatic hydroxyl groups is 1. The van der Waals surface area contributed by atoms with Crippen LogP contribution in [-0.4, -0.2) is 41.7 Å². The summed E-state index contributed by atoms with van der Waals surface area (Å²) in [7, 11) is 0. The molecule has 0 saturated carbocycles. The van der Waals surface area contributed by atoms with Gasteiger partial charge in [0.05, 0.1) is 17.7 Å². The van der Waals surface area contributed by atoms with Crippen molar-refractivity contribution in [3.63, 3.8) is 0 Å². The van der Waals surface area contributed by atoms with Crippen LogP contribution in [0.5, 0.6) is 0 Å². The fraction of sp³-hybridized carbons (Fsp3) is 0.381. The van der Waals surface area contributed by atoms with E-state index in [2.05, 4.69) is 26.6 Å². The maximum absolute atomic E-state index is 12.0. The molecule has 0 radical (unpaired) electrons. The summed E-state index contributed by atoms with van der Waals surface area (Å²) in [6.07, 6.45) is 3.65. The van der Waals surface area contributed by atoms with Crippen LogP contribution >= 0.6 is 0 Å². The van der Waals surface area contributed by atoms with Crippen molar-refractivity contribution in [3.05, 3.63) is 53.7 Å². The van der Waals surface area contributed by atoms with Crippen LogP contribution in [-0.2, 0) is 11.3 Å². The monoisotopic (exact) mass is 379 g/mol. The Morgan fingerprint density at radius 3 is 3.07 bits per heavy atom. The molecule has 1 aromatic heterocycles. The van der Waals surface area contributed by atoms with E-state index in [-0.39, 0.29) is 12.0 Å². The molecule has 1 unspecified atom stereocenters. The molecule has 3 rings (SSSR count). The quantitative estimate of drug-likeness (QED) is 0.637. The number of aliphatic hydroxyl groups excluding tert-OH is 1. The van der Waals surface area contributed by atoms with Crippen LogP contribution in [0.15, 0.2) is 42.6 Å². The molecule has 146 valence electrons. The summed E-state index contributed by atoms with van der Waals surface area (Å²) in [5, 5.41) is 24.8. The molecule has 7 heteroatoms. The van der Waals surface area contributed by atoms with Gasteiger partial charge in [0.1, 0.15) is 5.82 Å². The van der Waals surface area contributed by atoms with E-state index in [0.717, 1.165) is 30.8 Å². The molecule has 1 amide bonds. The number of amides is 1. The van der Waals surface area contributed by atoms with E-state index in [4.69, 9.17) is 5.26 Å². The van der Waals surface area contributed by atoms with Gasteiger partial charge < -0.3 is 20.6 Å². The number of pyridine rings is 1. The number of nitrogens with one attached hydrogen (secondary N) is 2. The molecule has 1 saturated heterocycles. The molecule has 0 bridgehead atoms. The second kappa shape index (κ2) is 9.83. The smallest absolute Gasteiger partial charge is 0.225 e. The molecule has 1 aliphatic rings. The van der Waals surface area contributed by atoms with Crippen LogP contribution in [0, 0.1) is 11.3 Å². The minimum atomic E-state index is -0.287. The molecule has 1 fully saturated rings. The van der Waals surface area contributed by atoms with Crippen LogP contribution in [0.1, 0.15) is 30.4 Å². The van der Waals surface area contributed by atoms with Gasteiger partial charge in [-0.2, -0.15) is 5.26 Å². The van der Waals surface area contributed by atoms with Crippen LogP contribution in [0.25, 0.3) is 0 Å². The minimum Gasteiger partial charge on any atom is -0.391 e. The van der Waals surface area contributed by atoms with E-state index >= 15 is 0 Å². The maximum atomic E-state index is 12.0. The number of aromatic nitrogens is 1. The number of nitriles is 1. The highest BCUT2D eigenvalue weighted by atomic mass is 16.3. The number of β-amino-alcohol motifs (C(OH)–C–C–N with tert-alkyl or cyclic N) is 1. The number of hydrogen-bond acceptors (Lipinski definition) is 6. The molecule has 2 heterocycles. The van der Waals surface area contributed by atoms with Gasteiger partial charge in [-0.1, -0.05) is 6.07 Å². The van der Waals surface area contributed by atoms with E-state index in [1.807, 2.05) is 12.1 Å². The zero-order valence-electron chi connectivity index (χ0n) is 15.8. The van der Waals surface area contributed by atoms with Crippen LogP contribution in [0.4, 0.5) is 11.5 Å². The van der Waals surface area contributed by atoms with Gasteiger partial charge in [-0.3, -0.25) is 4.79 Å². The number of carbonyl (C=O) groups is 1. The molecule has 1 aromatic carbocycles. The third-order valence-electron chi connectivity index (χ3n) is 4.66. The fourth-order valence-corrected chi connectivity index (χ4v) is 3.23. The number of benzene rings is 1. The first kappa shape index (κ1) is 19.8. The second-order valence-electron chi connectivity index (χ2n) is 6.93. The fourth-order valence-electron chi connectivity index (χ4n) is 3.23. The van der Waals surface area contributed by atoms with Gasteiger partial charge in [-0.05, 0) is 48.7 Å². The van der Waals surface area contributed by atoms with Gasteiger partial charge >= 0.3 is 0 Å². The Morgan fingerprint density at radius 1 is 1.36 bits per heavy atom. The Kier molecular flexibility index (Phi) is 6.95. The van der Waals surface area contributed by atoms with E-state index in [0.29, 0.717) is 37.3 Å². The standard InChI is InChI=1S/C21H25N5O2/c22-13-16-3-1-4-18(11-16)25-21(28)7-8-23-14-17-6-9-24-20(12-17)26-10-2-5-19(27)15-26/h1,3-4,6,9,11-12,19,23,27H,2,5,7-8,10,14-15H2,(H,25,28). The Balaban J connectivity index is 1.43. The maximum Gasteiger partial charge on any atom is 0.225 e. The van der Waals surface area contributed by atoms with Crippen LogP contribution in [0.2, 0.25) is 0 Å². The van der Waals surface area contributed by atoms with Gasteiger partial charge in [0.25, 0.3) is 0 Å². The van der Waals surface area contributed by atoms with Crippen molar-refractivity contribution in [1.29, 1.82) is 5.26 Å². The molecular formula is C21H25N5O2. The summed E-state index contributed by atoms with van der Waals surface area (Å²) in [5.74, 6) is 0.786. The third-order valence-corrected chi connectivity index (χ3v) is 4.66. The number of rotatable bonds is 7. The van der Waals surface area contributed by atoms with E-state index in [1.165, 1.54) is 0 Å². The zero-order valence-corrected chi connectivity index (χ0v) is 15.8. The average Bonchev–Trinajstić information content (AvgIpc) is 2.71. The lowest BCUT2D eigenvalue weighted by Gasteiger charge is -2.31. The van der Waals surface area contributed by atoms with Crippen molar-refractivity contribution in [1.82, 2.24) is 10.3 Å². The Morgan fingerprint density at radius 2 is 2.25 bits per heavy atom. The lowest BCUT2D eigenvalue weighted by molar-refractivity contribution is -0.116. The molecule has 2 aromatic rings. The molecule has 3 N–H and O–H groups in total. The van der Waals surface area contributed by atoms with Crippen molar-refractivity contribution in [3.8, 4) is 6.07 Å². The van der Waals surface area contributed by atoms with Crippen LogP contribution < -0.4 is 15.5 Å². The molecule has 28 heavy (non-hydrogen) atoms. The van der Waals surface area contributed by atoms with E-state index in [1.54, 1.807) is 30.5 Å². The van der Waals surface area contributed by atoms with E-state index < -0.39 is 0 Å². The van der Waals surface area contributed by atoms with Crippen molar-refractivity contribution >= 4 is 17.4 Å². The first-order valence-electron chi connectivity index (χ1n) is 9.53. The highest BCUT2D eigenvalue weighted by Crippen LogP contribution is 2.18. The van der Waals surface area contributed by atoms with Crippen molar-refractivity contribution in [2.24, 2.45) is 0 Å². The zero-order chi connectivity index (χ0) is 19.8. The topological polar surface area (TPSA) is 101 Å². The predicted octanol–water partition coefficient (Wildman–Crippen LogP) is 2.03. The summed E-state index contributed by atoms with van der Waals surface area (Å²) in [6.45, 7) is 2.72. The SMILES string of the molecule is N#Cc1cccc(NC(=O)CCNCc2ccnc(N3CCCC(O)C3)c2)c1. The predicted molar refractivity (Wildman–Crippen MR) is 108 cm³/mol. The van der Waals surface area contributed by atoms with Crippen molar-refractivity contribution in [2.45, 2.75) is 31.9 Å². The number of carbonyl (C=O) groups excluding carboxylic acids is 1. The molecule has 1 atom stereocenters. The Labute approximate surface area is 165 Å². The molecule has 0 spiro atoms. The summed E-state index contributed by atoms with van der Waals surface area (Å²) >= 11 is 0. The number of anilines is 2. The molecule has 1 aliphatic heterocycles. The highest BCUT2D eigenvalue weighted by molar-refractivity contribution is 5.90. The average molecular weight is 379 g/mol. The highest BCUT2D eigenvalue weighted by Gasteiger charge is 2.18. The summed E-state index contributed by atoms with van der Waals surface area (Å²) in [6, 6.07) is 12.9. The van der Waals surface area contributed by atoms with Gasteiger partial charge in [-0.15, -0.1) is 0 Å². The summed E-state index contributed by atoms with van der Waals surface area (Å²) in [4.78, 5) is 18.6. The second-order valence-corrected chi connectivity index (χ2v) is 6.93. The van der Waals surface area contributed by atoms with Crippen LogP contribution in [0.3, 0.4) is 0 Å².